The maximum Gasteiger partial charge on any atom is 0.289 e. The van der Waals surface area contributed by atoms with Crippen LogP contribution in [0.2, 0.25) is 0 Å². The van der Waals surface area contributed by atoms with E-state index in [1.165, 1.54) is 11.1 Å². The molecule has 0 radical (unpaired) electrons. The number of amides is 1. The van der Waals surface area contributed by atoms with E-state index in [0.717, 1.165) is 37.1 Å². The molecule has 1 aliphatic heterocycles. The van der Waals surface area contributed by atoms with Gasteiger partial charge in [0.05, 0.1) is 6.61 Å². The molecule has 1 atom stereocenters. The van der Waals surface area contributed by atoms with E-state index in [1.807, 2.05) is 24.0 Å². The Morgan fingerprint density at radius 2 is 2.05 bits per heavy atom. The summed E-state index contributed by atoms with van der Waals surface area (Å²) in [5, 5.41) is 0.992. The highest BCUT2D eigenvalue weighted by atomic mass is 16.5. The van der Waals surface area contributed by atoms with Gasteiger partial charge in [-0.2, -0.15) is 0 Å². The number of carbonyl (C=O) groups is 1. The number of ether oxygens (including phenoxy) is 1. The normalized spacial score (nSPS) is 18.0. The van der Waals surface area contributed by atoms with Crippen molar-refractivity contribution < 1.29 is 13.9 Å². The number of furan rings is 1. The van der Waals surface area contributed by atoms with Gasteiger partial charge in [0, 0.05) is 31.0 Å². The molecule has 0 saturated carbocycles. The van der Waals surface area contributed by atoms with Gasteiger partial charge in [-0.3, -0.25) is 4.79 Å². The summed E-state index contributed by atoms with van der Waals surface area (Å²) in [7, 11) is 0. The van der Waals surface area contributed by atoms with Gasteiger partial charge in [0.15, 0.2) is 5.76 Å². The molecule has 118 valence electrons. The minimum Gasteiger partial charge on any atom is -0.451 e. The van der Waals surface area contributed by atoms with E-state index >= 15 is 0 Å². The fraction of sp³-hybridized carbons (Fsp3) is 0.500. The largest absolute Gasteiger partial charge is 0.451 e. The maximum atomic E-state index is 12.7. The molecule has 3 rings (SSSR count). The molecule has 4 nitrogen and oxygen atoms in total. The summed E-state index contributed by atoms with van der Waals surface area (Å²) in [5.74, 6) is 0.847. The van der Waals surface area contributed by atoms with Crippen LogP contribution in [0, 0.1) is 19.8 Å². The number of benzene rings is 1. The second-order valence-electron chi connectivity index (χ2n) is 6.16. The molecule has 2 heterocycles. The van der Waals surface area contributed by atoms with Crippen molar-refractivity contribution in [1.82, 2.24) is 4.90 Å². The Balaban J connectivity index is 1.83. The van der Waals surface area contributed by atoms with E-state index in [9.17, 15) is 4.79 Å². The summed E-state index contributed by atoms with van der Waals surface area (Å²) in [6.45, 7) is 9.11. The molecule has 1 fully saturated rings. The van der Waals surface area contributed by atoms with Crippen molar-refractivity contribution in [1.29, 1.82) is 0 Å². The van der Waals surface area contributed by atoms with Gasteiger partial charge in [-0.1, -0.05) is 0 Å². The molecular weight excluding hydrogens is 278 g/mol. The monoisotopic (exact) mass is 301 g/mol. The topological polar surface area (TPSA) is 42.7 Å². The first-order valence-corrected chi connectivity index (χ1v) is 7.96. The highest BCUT2D eigenvalue weighted by molar-refractivity contribution is 5.96. The fourth-order valence-corrected chi connectivity index (χ4v) is 2.96. The zero-order valence-electron chi connectivity index (χ0n) is 13.5. The van der Waals surface area contributed by atoms with Gasteiger partial charge >= 0.3 is 0 Å². The first-order chi connectivity index (χ1) is 10.6. The molecule has 0 N–H and O–H groups in total. The summed E-state index contributed by atoms with van der Waals surface area (Å²) < 4.78 is 11.2. The van der Waals surface area contributed by atoms with Gasteiger partial charge < -0.3 is 14.1 Å². The van der Waals surface area contributed by atoms with Gasteiger partial charge in [-0.25, -0.2) is 0 Å². The minimum atomic E-state index is -0.0269. The Kier molecular flexibility index (Phi) is 4.21. The van der Waals surface area contributed by atoms with Crippen molar-refractivity contribution in [3.8, 4) is 0 Å². The van der Waals surface area contributed by atoms with Crippen LogP contribution in [-0.4, -0.2) is 37.1 Å². The summed E-state index contributed by atoms with van der Waals surface area (Å²) >= 11 is 0. The lowest BCUT2D eigenvalue weighted by Gasteiger charge is -2.22. The highest BCUT2D eigenvalue weighted by Crippen LogP contribution is 2.24. The van der Waals surface area contributed by atoms with Gasteiger partial charge in [0.1, 0.15) is 5.58 Å². The first kappa shape index (κ1) is 15.1. The Bertz CT molecular complexity index is 644. The number of nitrogens with zero attached hydrogens (tertiary/aromatic N) is 1. The molecule has 4 heteroatoms. The van der Waals surface area contributed by atoms with Crippen LogP contribution in [-0.2, 0) is 4.74 Å². The van der Waals surface area contributed by atoms with Crippen molar-refractivity contribution >= 4 is 16.9 Å². The quantitative estimate of drug-likeness (QED) is 0.867. The van der Waals surface area contributed by atoms with Crippen LogP contribution in [0.3, 0.4) is 0 Å². The zero-order chi connectivity index (χ0) is 15.7. The molecule has 1 saturated heterocycles. The third-order valence-corrected chi connectivity index (χ3v) is 4.51. The van der Waals surface area contributed by atoms with Crippen LogP contribution < -0.4 is 0 Å². The smallest absolute Gasteiger partial charge is 0.289 e. The van der Waals surface area contributed by atoms with Crippen LogP contribution in [0.15, 0.2) is 22.6 Å². The van der Waals surface area contributed by atoms with Crippen LogP contribution >= 0.6 is 0 Å². The van der Waals surface area contributed by atoms with Crippen molar-refractivity contribution in [3.05, 3.63) is 35.1 Å². The summed E-state index contributed by atoms with van der Waals surface area (Å²) in [6.07, 6.45) is 1.03. The van der Waals surface area contributed by atoms with Crippen LogP contribution in [0.5, 0.6) is 0 Å². The molecule has 1 aromatic carbocycles. The van der Waals surface area contributed by atoms with Crippen molar-refractivity contribution in [2.75, 3.05) is 26.3 Å². The third-order valence-electron chi connectivity index (χ3n) is 4.51. The summed E-state index contributed by atoms with van der Waals surface area (Å²) in [6, 6.07) is 5.94. The second-order valence-corrected chi connectivity index (χ2v) is 6.16. The van der Waals surface area contributed by atoms with E-state index in [1.54, 1.807) is 0 Å². The van der Waals surface area contributed by atoms with Gasteiger partial charge in [0.25, 0.3) is 5.91 Å². The molecule has 1 aromatic heterocycles. The Labute approximate surface area is 131 Å². The highest BCUT2D eigenvalue weighted by Gasteiger charge is 2.24. The standard InChI is InChI=1S/C18H23NO3/c1-4-19(10-14-5-6-21-11-14)18(20)17-9-15-7-12(2)13(3)8-16(15)22-17/h7-9,14H,4-6,10-11H2,1-3H3. The Morgan fingerprint density at radius 3 is 2.73 bits per heavy atom. The van der Waals surface area contributed by atoms with Crippen LogP contribution in [0.25, 0.3) is 11.0 Å². The SMILES string of the molecule is CCN(CC1CCOC1)C(=O)c1cc2cc(C)c(C)cc2o1. The number of fused-ring (bicyclic) bond motifs is 1. The number of rotatable bonds is 4. The lowest BCUT2D eigenvalue weighted by Crippen LogP contribution is -2.35. The Hall–Kier alpha value is -1.81. The molecule has 0 aliphatic carbocycles. The molecular formula is C18H23NO3. The fourth-order valence-electron chi connectivity index (χ4n) is 2.96. The van der Waals surface area contributed by atoms with Gasteiger partial charge in [0.2, 0.25) is 0 Å². The lowest BCUT2D eigenvalue weighted by atomic mass is 10.1. The lowest BCUT2D eigenvalue weighted by molar-refractivity contribution is 0.0701. The Morgan fingerprint density at radius 1 is 1.27 bits per heavy atom. The average molecular weight is 301 g/mol. The molecule has 0 spiro atoms. The second kappa shape index (κ2) is 6.13. The van der Waals surface area contributed by atoms with Crippen LogP contribution in [0.4, 0.5) is 0 Å². The molecule has 0 bridgehead atoms. The van der Waals surface area contributed by atoms with E-state index in [-0.39, 0.29) is 5.91 Å². The third kappa shape index (κ3) is 2.88. The van der Waals surface area contributed by atoms with Crippen molar-refractivity contribution in [2.45, 2.75) is 27.2 Å². The predicted molar refractivity (Wildman–Crippen MR) is 86.2 cm³/mol. The molecule has 1 aliphatic rings. The predicted octanol–water partition coefficient (Wildman–Crippen LogP) is 3.55. The first-order valence-electron chi connectivity index (χ1n) is 7.96. The maximum absolute atomic E-state index is 12.7. The van der Waals surface area contributed by atoms with E-state index in [0.29, 0.717) is 18.2 Å². The molecule has 22 heavy (non-hydrogen) atoms. The molecule has 1 amide bonds. The average Bonchev–Trinajstić information content (AvgIpc) is 3.14. The zero-order valence-corrected chi connectivity index (χ0v) is 13.5. The number of hydrogen-bond acceptors (Lipinski definition) is 3. The van der Waals surface area contributed by atoms with Crippen molar-refractivity contribution in [3.63, 3.8) is 0 Å². The van der Waals surface area contributed by atoms with E-state index in [4.69, 9.17) is 9.15 Å². The molecule has 2 aromatic rings. The molecule has 1 unspecified atom stereocenters. The minimum absolute atomic E-state index is 0.0269. The van der Waals surface area contributed by atoms with Gasteiger partial charge in [-0.15, -0.1) is 0 Å². The van der Waals surface area contributed by atoms with Crippen molar-refractivity contribution in [2.24, 2.45) is 5.92 Å². The van der Waals surface area contributed by atoms with E-state index in [2.05, 4.69) is 19.9 Å². The van der Waals surface area contributed by atoms with E-state index < -0.39 is 0 Å². The summed E-state index contributed by atoms with van der Waals surface area (Å²) in [4.78, 5) is 14.6. The number of aryl methyl sites for hydroxylation is 2. The number of hydrogen-bond donors (Lipinski definition) is 0. The summed E-state index contributed by atoms with van der Waals surface area (Å²) in [5.41, 5.74) is 3.17. The number of carbonyl (C=O) groups excluding carboxylic acids is 1. The van der Waals surface area contributed by atoms with Crippen LogP contribution in [0.1, 0.15) is 35.0 Å². The van der Waals surface area contributed by atoms with Gasteiger partial charge in [-0.05, 0) is 56.5 Å².